The number of nitrogens with one attached hydrogen (secondary N) is 1. The van der Waals surface area contributed by atoms with E-state index in [9.17, 15) is 18.0 Å². The highest BCUT2D eigenvalue weighted by atomic mass is 35.5. The minimum Gasteiger partial charge on any atom is -0.357 e. The van der Waals surface area contributed by atoms with Crippen molar-refractivity contribution >= 4 is 39.1 Å². The Bertz CT molecular complexity index is 1350. The summed E-state index contributed by atoms with van der Waals surface area (Å²) in [6.45, 7) is 4.88. The van der Waals surface area contributed by atoms with Crippen LogP contribution in [0.2, 0.25) is 5.02 Å². The third-order valence-electron chi connectivity index (χ3n) is 6.13. The number of amides is 2. The Morgan fingerprint density at radius 2 is 1.58 bits per heavy atom. The first kappa shape index (κ1) is 27.2. The number of halogens is 1. The van der Waals surface area contributed by atoms with Gasteiger partial charge in [-0.2, -0.15) is 0 Å². The maximum atomic E-state index is 13.8. The van der Waals surface area contributed by atoms with Crippen molar-refractivity contribution in [1.82, 2.24) is 10.2 Å². The van der Waals surface area contributed by atoms with Crippen LogP contribution in [0, 0.1) is 13.8 Å². The second-order valence-corrected chi connectivity index (χ2v) is 10.7. The third kappa shape index (κ3) is 5.88. The molecule has 190 valence electrons. The van der Waals surface area contributed by atoms with E-state index in [-0.39, 0.29) is 17.3 Å². The molecule has 0 spiro atoms. The summed E-state index contributed by atoms with van der Waals surface area (Å²) in [7, 11) is -2.63. The van der Waals surface area contributed by atoms with Crippen LogP contribution in [0.5, 0.6) is 0 Å². The van der Waals surface area contributed by atoms with E-state index < -0.39 is 28.5 Å². The van der Waals surface area contributed by atoms with Gasteiger partial charge in [0.15, 0.2) is 0 Å². The fraction of sp³-hybridized carbons (Fsp3) is 0.259. The van der Waals surface area contributed by atoms with Crippen LogP contribution < -0.4 is 9.62 Å². The average Bonchev–Trinajstić information content (AvgIpc) is 2.88. The number of carbonyl (C=O) groups is 2. The predicted molar refractivity (Wildman–Crippen MR) is 142 cm³/mol. The Labute approximate surface area is 217 Å². The summed E-state index contributed by atoms with van der Waals surface area (Å²) in [6.07, 6.45) is 0. The van der Waals surface area contributed by atoms with Gasteiger partial charge in [0.05, 0.1) is 10.6 Å². The molecule has 0 aromatic heterocycles. The topological polar surface area (TPSA) is 86.8 Å². The molecule has 0 aliphatic carbocycles. The summed E-state index contributed by atoms with van der Waals surface area (Å²) < 4.78 is 28.6. The molecule has 1 atom stereocenters. The Balaban J connectivity index is 2.08. The van der Waals surface area contributed by atoms with Crippen molar-refractivity contribution in [2.45, 2.75) is 38.3 Å². The minimum atomic E-state index is -4.13. The Morgan fingerprint density at radius 3 is 2.22 bits per heavy atom. The van der Waals surface area contributed by atoms with Gasteiger partial charge >= 0.3 is 0 Å². The lowest BCUT2D eigenvalue weighted by atomic mass is 10.1. The van der Waals surface area contributed by atoms with Crippen molar-refractivity contribution in [3.05, 3.63) is 94.5 Å². The third-order valence-corrected chi connectivity index (χ3v) is 8.32. The molecule has 0 fully saturated rings. The summed E-state index contributed by atoms with van der Waals surface area (Å²) >= 11 is 6.32. The lowest BCUT2D eigenvalue weighted by Crippen LogP contribution is -2.50. The summed E-state index contributed by atoms with van der Waals surface area (Å²) in [5, 5.41) is 2.95. The van der Waals surface area contributed by atoms with E-state index in [0.717, 1.165) is 15.4 Å². The summed E-state index contributed by atoms with van der Waals surface area (Å²) in [5.74, 6) is -0.874. The lowest BCUT2D eigenvalue weighted by Gasteiger charge is -2.32. The fourth-order valence-electron chi connectivity index (χ4n) is 3.86. The number of anilines is 1. The minimum absolute atomic E-state index is 0.0435. The van der Waals surface area contributed by atoms with Crippen molar-refractivity contribution in [3.63, 3.8) is 0 Å². The van der Waals surface area contributed by atoms with Gasteiger partial charge in [0.2, 0.25) is 11.8 Å². The van der Waals surface area contributed by atoms with Gasteiger partial charge in [-0.3, -0.25) is 13.9 Å². The lowest BCUT2D eigenvalue weighted by molar-refractivity contribution is -0.139. The van der Waals surface area contributed by atoms with E-state index in [1.165, 1.54) is 24.1 Å². The number of sulfonamides is 1. The maximum absolute atomic E-state index is 13.8. The molecule has 0 bridgehead atoms. The average molecular weight is 528 g/mol. The maximum Gasteiger partial charge on any atom is 0.264 e. The molecule has 0 saturated heterocycles. The van der Waals surface area contributed by atoms with Crippen molar-refractivity contribution in [3.8, 4) is 0 Å². The molecule has 0 aliphatic rings. The van der Waals surface area contributed by atoms with Crippen LogP contribution in [0.1, 0.15) is 23.6 Å². The predicted octanol–water partition coefficient (Wildman–Crippen LogP) is 4.32. The van der Waals surface area contributed by atoms with Gasteiger partial charge in [-0.1, -0.05) is 60.1 Å². The molecule has 0 heterocycles. The van der Waals surface area contributed by atoms with E-state index in [2.05, 4.69) is 5.32 Å². The normalized spacial score (nSPS) is 12.0. The molecular formula is C27H30ClN3O4S. The number of rotatable bonds is 9. The number of nitrogens with zero attached hydrogens (tertiary/aromatic N) is 2. The quantitative estimate of drug-likeness (QED) is 0.449. The van der Waals surface area contributed by atoms with E-state index in [1.54, 1.807) is 50.2 Å². The van der Waals surface area contributed by atoms with Gasteiger partial charge in [0.1, 0.15) is 12.6 Å². The molecule has 0 saturated carbocycles. The van der Waals surface area contributed by atoms with Crippen LogP contribution in [-0.4, -0.2) is 44.8 Å². The highest BCUT2D eigenvalue weighted by Crippen LogP contribution is 2.31. The SMILES string of the molecule is CNC(=O)C(C)N(Cc1ccccc1C)C(=O)CN(c1cccc(Cl)c1C)S(=O)(=O)c1ccccc1. The Kier molecular flexibility index (Phi) is 8.76. The van der Waals surface area contributed by atoms with Gasteiger partial charge < -0.3 is 10.2 Å². The Morgan fingerprint density at radius 1 is 0.944 bits per heavy atom. The first-order valence-electron chi connectivity index (χ1n) is 11.5. The van der Waals surface area contributed by atoms with Crippen LogP contribution in [0.25, 0.3) is 0 Å². The van der Waals surface area contributed by atoms with Gasteiger partial charge in [0, 0.05) is 18.6 Å². The van der Waals surface area contributed by atoms with E-state index in [1.807, 2.05) is 31.2 Å². The zero-order valence-electron chi connectivity index (χ0n) is 20.7. The summed E-state index contributed by atoms with van der Waals surface area (Å²) in [5.41, 5.74) is 2.64. The number of aryl methyl sites for hydroxylation is 1. The number of carbonyl (C=O) groups excluding carboxylic acids is 2. The summed E-state index contributed by atoms with van der Waals surface area (Å²) in [4.78, 5) is 27.8. The first-order valence-corrected chi connectivity index (χ1v) is 13.3. The number of likely N-dealkylation sites (N-methyl/N-ethyl adjacent to an activating group) is 1. The summed E-state index contributed by atoms with van der Waals surface area (Å²) in [6, 6.07) is 19.5. The molecule has 2 amide bonds. The molecule has 3 aromatic carbocycles. The van der Waals surface area contributed by atoms with E-state index >= 15 is 0 Å². The number of benzene rings is 3. The first-order chi connectivity index (χ1) is 17.1. The van der Waals surface area contributed by atoms with Crippen molar-refractivity contribution in [1.29, 1.82) is 0 Å². The largest absolute Gasteiger partial charge is 0.357 e. The molecule has 1 N–H and O–H groups in total. The standard InChI is InChI=1S/C27H30ClN3O4S/c1-19-11-8-9-12-22(19)17-30(21(3)27(33)29-4)26(32)18-31(25-16-10-15-24(28)20(25)2)36(34,35)23-13-6-5-7-14-23/h5-16,21H,17-18H2,1-4H3,(H,29,33). The monoisotopic (exact) mass is 527 g/mol. The highest BCUT2D eigenvalue weighted by molar-refractivity contribution is 7.92. The van der Waals surface area contributed by atoms with Crippen LogP contribution in [0.3, 0.4) is 0 Å². The van der Waals surface area contributed by atoms with Crippen molar-refractivity contribution < 1.29 is 18.0 Å². The van der Waals surface area contributed by atoms with E-state index in [0.29, 0.717) is 16.3 Å². The van der Waals surface area contributed by atoms with Crippen LogP contribution in [0.4, 0.5) is 5.69 Å². The molecular weight excluding hydrogens is 498 g/mol. The van der Waals surface area contributed by atoms with E-state index in [4.69, 9.17) is 11.6 Å². The van der Waals surface area contributed by atoms with Gasteiger partial charge in [-0.15, -0.1) is 0 Å². The molecule has 3 aromatic rings. The van der Waals surface area contributed by atoms with Crippen LogP contribution in [-0.2, 0) is 26.2 Å². The van der Waals surface area contributed by atoms with Crippen LogP contribution in [0.15, 0.2) is 77.7 Å². The second kappa shape index (κ2) is 11.6. The molecule has 3 rings (SSSR count). The molecule has 0 radical (unpaired) electrons. The zero-order chi connectivity index (χ0) is 26.5. The van der Waals surface area contributed by atoms with Crippen molar-refractivity contribution in [2.24, 2.45) is 0 Å². The molecule has 1 unspecified atom stereocenters. The molecule has 36 heavy (non-hydrogen) atoms. The Hall–Kier alpha value is -3.36. The molecule has 7 nitrogen and oxygen atoms in total. The highest BCUT2D eigenvalue weighted by Gasteiger charge is 2.33. The zero-order valence-corrected chi connectivity index (χ0v) is 22.3. The molecule has 0 aliphatic heterocycles. The fourth-order valence-corrected chi connectivity index (χ4v) is 5.52. The van der Waals surface area contributed by atoms with Gasteiger partial charge in [-0.05, 0) is 61.7 Å². The van der Waals surface area contributed by atoms with Gasteiger partial charge in [0.25, 0.3) is 10.0 Å². The second-order valence-electron chi connectivity index (χ2n) is 8.45. The molecule has 9 heteroatoms. The number of hydrogen-bond acceptors (Lipinski definition) is 4. The van der Waals surface area contributed by atoms with Crippen molar-refractivity contribution in [2.75, 3.05) is 17.9 Å². The van der Waals surface area contributed by atoms with Crippen LogP contribution >= 0.6 is 11.6 Å². The van der Waals surface area contributed by atoms with Gasteiger partial charge in [-0.25, -0.2) is 8.42 Å². The smallest absolute Gasteiger partial charge is 0.264 e. The number of hydrogen-bond donors (Lipinski definition) is 1.